The molecule has 0 aromatic rings. The van der Waals surface area contributed by atoms with Gasteiger partial charge in [-0.2, -0.15) is 0 Å². The van der Waals surface area contributed by atoms with Gasteiger partial charge >= 0.3 is 0 Å². The second-order valence-electron chi connectivity index (χ2n) is 4.43. The van der Waals surface area contributed by atoms with Gasteiger partial charge in [0.15, 0.2) is 0 Å². The predicted octanol–water partition coefficient (Wildman–Crippen LogP) is 0.162. The number of nitrogens with zero attached hydrogens (tertiary/aromatic N) is 1. The van der Waals surface area contributed by atoms with Crippen LogP contribution in [0.25, 0.3) is 0 Å². The Kier molecular flexibility index (Phi) is 2.81. The minimum atomic E-state index is -3.01. The van der Waals surface area contributed by atoms with Crippen molar-refractivity contribution in [3.63, 3.8) is 0 Å². The van der Waals surface area contributed by atoms with Gasteiger partial charge < -0.3 is 4.90 Å². The summed E-state index contributed by atoms with van der Waals surface area (Å²) >= 11 is 0. The quantitative estimate of drug-likeness (QED) is 0.734. The van der Waals surface area contributed by atoms with E-state index in [-0.39, 0.29) is 6.04 Å². The van der Waals surface area contributed by atoms with Gasteiger partial charge in [-0.05, 0) is 38.8 Å². The second-order valence-corrected chi connectivity index (χ2v) is 6.21. The van der Waals surface area contributed by atoms with Crippen LogP contribution in [0.1, 0.15) is 25.7 Å². The van der Waals surface area contributed by atoms with Crippen LogP contribution in [0.3, 0.4) is 0 Å². The van der Waals surface area contributed by atoms with Gasteiger partial charge in [-0.1, -0.05) is 0 Å². The van der Waals surface area contributed by atoms with Crippen molar-refractivity contribution in [2.75, 3.05) is 19.3 Å². The van der Waals surface area contributed by atoms with Gasteiger partial charge in [0, 0.05) is 12.1 Å². The van der Waals surface area contributed by atoms with Crippen molar-refractivity contribution >= 4 is 10.0 Å². The number of sulfonamides is 1. The SMILES string of the molecule is CS(=O)(=O)NC1CCN(C2CC2)CC1. The Hall–Kier alpha value is -0.130. The molecule has 1 heterocycles. The largest absolute Gasteiger partial charge is 0.300 e. The average molecular weight is 218 g/mol. The van der Waals surface area contributed by atoms with Gasteiger partial charge in [-0.3, -0.25) is 0 Å². The van der Waals surface area contributed by atoms with E-state index in [0.29, 0.717) is 0 Å². The summed E-state index contributed by atoms with van der Waals surface area (Å²) in [5.41, 5.74) is 0. The lowest BCUT2D eigenvalue weighted by Gasteiger charge is -2.31. The molecule has 2 rings (SSSR count). The third-order valence-electron chi connectivity index (χ3n) is 2.97. The summed E-state index contributed by atoms with van der Waals surface area (Å²) < 4.78 is 24.7. The van der Waals surface area contributed by atoms with Crippen molar-refractivity contribution in [3.8, 4) is 0 Å². The molecule has 82 valence electrons. The normalized spacial score (nSPS) is 26.6. The Morgan fingerprint density at radius 3 is 2.14 bits per heavy atom. The fraction of sp³-hybridized carbons (Fsp3) is 1.00. The first kappa shape index (κ1) is 10.4. The molecule has 1 aliphatic heterocycles. The highest BCUT2D eigenvalue weighted by Gasteiger charge is 2.32. The highest BCUT2D eigenvalue weighted by atomic mass is 32.2. The zero-order valence-corrected chi connectivity index (χ0v) is 9.39. The highest BCUT2D eigenvalue weighted by Crippen LogP contribution is 2.29. The lowest BCUT2D eigenvalue weighted by Crippen LogP contribution is -2.44. The van der Waals surface area contributed by atoms with Crippen LogP contribution in [0, 0.1) is 0 Å². The number of nitrogens with one attached hydrogen (secondary N) is 1. The van der Waals surface area contributed by atoms with Gasteiger partial charge in [-0.15, -0.1) is 0 Å². The monoisotopic (exact) mass is 218 g/mol. The fourth-order valence-corrected chi connectivity index (χ4v) is 2.97. The molecular weight excluding hydrogens is 200 g/mol. The molecule has 14 heavy (non-hydrogen) atoms. The number of hydrogen-bond donors (Lipinski definition) is 1. The van der Waals surface area contributed by atoms with Gasteiger partial charge in [0.05, 0.1) is 6.26 Å². The summed E-state index contributed by atoms with van der Waals surface area (Å²) in [5.74, 6) is 0. The van der Waals surface area contributed by atoms with E-state index in [1.54, 1.807) is 0 Å². The lowest BCUT2D eigenvalue weighted by molar-refractivity contribution is 0.199. The third-order valence-corrected chi connectivity index (χ3v) is 3.74. The second kappa shape index (κ2) is 3.79. The fourth-order valence-electron chi connectivity index (χ4n) is 2.12. The van der Waals surface area contributed by atoms with Crippen LogP contribution in [0.2, 0.25) is 0 Å². The molecule has 0 aromatic carbocycles. The summed E-state index contributed by atoms with van der Waals surface area (Å²) in [6.45, 7) is 2.11. The first-order chi connectivity index (χ1) is 6.54. The molecular formula is C9H18N2O2S. The summed E-state index contributed by atoms with van der Waals surface area (Å²) in [6, 6.07) is 0.981. The summed E-state index contributed by atoms with van der Waals surface area (Å²) in [6.07, 6.45) is 5.84. The van der Waals surface area contributed by atoms with E-state index < -0.39 is 10.0 Å². The van der Waals surface area contributed by atoms with Crippen molar-refractivity contribution in [3.05, 3.63) is 0 Å². The smallest absolute Gasteiger partial charge is 0.208 e. The van der Waals surface area contributed by atoms with Crippen molar-refractivity contribution < 1.29 is 8.42 Å². The van der Waals surface area contributed by atoms with E-state index in [1.807, 2.05) is 0 Å². The van der Waals surface area contributed by atoms with Crippen molar-refractivity contribution in [2.24, 2.45) is 0 Å². The van der Waals surface area contributed by atoms with Crippen molar-refractivity contribution in [1.29, 1.82) is 0 Å². The van der Waals surface area contributed by atoms with Crippen LogP contribution in [0.5, 0.6) is 0 Å². The molecule has 0 aromatic heterocycles. The number of hydrogen-bond acceptors (Lipinski definition) is 3. The molecule has 1 aliphatic carbocycles. The first-order valence-electron chi connectivity index (χ1n) is 5.26. The Bertz CT molecular complexity index is 290. The predicted molar refractivity (Wildman–Crippen MR) is 55.6 cm³/mol. The van der Waals surface area contributed by atoms with Crippen LogP contribution >= 0.6 is 0 Å². The van der Waals surface area contributed by atoms with Gasteiger partial charge in [0.25, 0.3) is 0 Å². The number of rotatable bonds is 3. The lowest BCUT2D eigenvalue weighted by atomic mass is 10.1. The van der Waals surface area contributed by atoms with E-state index in [1.165, 1.54) is 19.1 Å². The van der Waals surface area contributed by atoms with E-state index in [9.17, 15) is 8.42 Å². The molecule has 4 nitrogen and oxygen atoms in total. The summed E-state index contributed by atoms with van der Waals surface area (Å²) in [4.78, 5) is 2.49. The van der Waals surface area contributed by atoms with E-state index >= 15 is 0 Å². The molecule has 1 saturated carbocycles. The van der Waals surface area contributed by atoms with Crippen LogP contribution in [0.4, 0.5) is 0 Å². The minimum absolute atomic E-state index is 0.167. The van der Waals surface area contributed by atoms with Crippen LogP contribution in [-0.4, -0.2) is 44.7 Å². The molecule has 0 radical (unpaired) electrons. The molecule has 0 atom stereocenters. The molecule has 2 aliphatic rings. The minimum Gasteiger partial charge on any atom is -0.300 e. The van der Waals surface area contributed by atoms with E-state index in [0.717, 1.165) is 32.0 Å². The van der Waals surface area contributed by atoms with E-state index in [4.69, 9.17) is 0 Å². The zero-order valence-electron chi connectivity index (χ0n) is 8.57. The van der Waals surface area contributed by atoms with Crippen LogP contribution in [-0.2, 0) is 10.0 Å². The van der Waals surface area contributed by atoms with Crippen LogP contribution < -0.4 is 4.72 Å². The Morgan fingerprint density at radius 1 is 1.14 bits per heavy atom. The molecule has 0 unspecified atom stereocenters. The Balaban J connectivity index is 1.77. The molecule has 0 amide bonds. The molecule has 1 N–H and O–H groups in total. The van der Waals surface area contributed by atoms with E-state index in [2.05, 4.69) is 9.62 Å². The Labute approximate surface area is 85.7 Å². The molecule has 0 spiro atoms. The maximum absolute atomic E-state index is 11.0. The topological polar surface area (TPSA) is 49.4 Å². The maximum Gasteiger partial charge on any atom is 0.208 e. The number of piperidine rings is 1. The first-order valence-corrected chi connectivity index (χ1v) is 7.15. The van der Waals surface area contributed by atoms with Gasteiger partial charge in [0.2, 0.25) is 10.0 Å². The third kappa shape index (κ3) is 2.93. The standard InChI is InChI=1S/C9H18N2O2S/c1-14(12,13)10-8-4-6-11(7-5-8)9-2-3-9/h8-10H,2-7H2,1H3. The number of likely N-dealkylation sites (tertiary alicyclic amines) is 1. The van der Waals surface area contributed by atoms with Crippen molar-refractivity contribution in [1.82, 2.24) is 9.62 Å². The Morgan fingerprint density at radius 2 is 1.71 bits per heavy atom. The molecule has 1 saturated heterocycles. The average Bonchev–Trinajstić information content (AvgIpc) is 2.85. The molecule has 0 bridgehead atoms. The molecule has 2 fully saturated rings. The van der Waals surface area contributed by atoms with Gasteiger partial charge in [-0.25, -0.2) is 13.1 Å². The summed E-state index contributed by atoms with van der Waals surface area (Å²) in [5, 5.41) is 0. The van der Waals surface area contributed by atoms with Crippen molar-refractivity contribution in [2.45, 2.75) is 37.8 Å². The summed E-state index contributed by atoms with van der Waals surface area (Å²) in [7, 11) is -3.01. The van der Waals surface area contributed by atoms with Crippen LogP contribution in [0.15, 0.2) is 0 Å². The zero-order chi connectivity index (χ0) is 10.2. The molecule has 5 heteroatoms. The maximum atomic E-state index is 11.0. The van der Waals surface area contributed by atoms with Gasteiger partial charge in [0.1, 0.15) is 0 Å². The highest BCUT2D eigenvalue weighted by molar-refractivity contribution is 7.88.